The van der Waals surface area contributed by atoms with Crippen LogP contribution >= 0.6 is 7.60 Å². The van der Waals surface area contributed by atoms with E-state index in [2.05, 4.69) is 0 Å². The maximum absolute atomic E-state index is 10.3. The fourth-order valence-electron chi connectivity index (χ4n) is 0.238. The Bertz CT molecular complexity index is 108. The summed E-state index contributed by atoms with van der Waals surface area (Å²) in [6, 6.07) is 0. The summed E-state index contributed by atoms with van der Waals surface area (Å²) in [7, 11) is -3.76. The van der Waals surface area contributed by atoms with Crippen LogP contribution in [0.3, 0.4) is 0 Å². The third-order valence-corrected chi connectivity index (χ3v) is 2.68. The van der Waals surface area contributed by atoms with Gasteiger partial charge in [-0.05, 0) is 6.42 Å². The molecule has 1 unspecified atom stereocenters. The maximum atomic E-state index is 10.3. The number of rotatable bonds is 2. The Kier molecular flexibility index (Phi) is 9.81. The largest absolute Gasteiger partial charge is 0.328 e. The molecule has 0 aromatic carbocycles. The van der Waals surface area contributed by atoms with Crippen LogP contribution in [0, 0.1) is 0 Å². The second-order valence-electron chi connectivity index (χ2n) is 1.85. The van der Waals surface area contributed by atoms with Crippen molar-refractivity contribution >= 4 is 7.60 Å². The van der Waals surface area contributed by atoms with Crippen LogP contribution < -0.4 is 0 Å². The fourth-order valence-corrected chi connectivity index (χ4v) is 0.714. The smallest absolute Gasteiger partial charge is 0.324 e. The van der Waals surface area contributed by atoms with E-state index in [0.717, 1.165) is 0 Å². The summed E-state index contributed by atoms with van der Waals surface area (Å²) in [5, 5.41) is 0. The van der Waals surface area contributed by atoms with Crippen LogP contribution in [0.5, 0.6) is 0 Å². The Labute approximate surface area is 63.6 Å². The summed E-state index contributed by atoms with van der Waals surface area (Å²) in [6.07, 6.45) is 0.532. The molecule has 0 aliphatic carbocycles. The van der Waals surface area contributed by atoms with Crippen molar-refractivity contribution in [3.05, 3.63) is 0 Å². The summed E-state index contributed by atoms with van der Waals surface area (Å²) in [5.41, 5.74) is -0.484. The molecule has 2 N–H and O–H groups in total. The minimum absolute atomic E-state index is 0. The third kappa shape index (κ3) is 6.27. The normalized spacial score (nSPS) is 12.8. The predicted molar refractivity (Wildman–Crippen MR) is 45.3 cm³/mol. The van der Waals surface area contributed by atoms with E-state index in [1.54, 1.807) is 13.8 Å². The molecular weight excluding hydrogens is 151 g/mol. The topological polar surface area (TPSA) is 57.5 Å². The molecule has 0 saturated heterocycles. The van der Waals surface area contributed by atoms with Crippen LogP contribution in [0.2, 0.25) is 0 Å². The van der Waals surface area contributed by atoms with Crippen molar-refractivity contribution in [3.8, 4) is 0 Å². The minimum Gasteiger partial charge on any atom is -0.324 e. The zero-order chi connectivity index (χ0) is 6.78. The molecule has 0 saturated carbocycles. The summed E-state index contributed by atoms with van der Waals surface area (Å²) >= 11 is 0. The van der Waals surface area contributed by atoms with Gasteiger partial charge < -0.3 is 9.79 Å². The van der Waals surface area contributed by atoms with E-state index in [4.69, 9.17) is 9.79 Å². The highest BCUT2D eigenvalue weighted by Crippen LogP contribution is 2.42. The molecule has 0 amide bonds. The lowest BCUT2D eigenvalue weighted by Gasteiger charge is -2.08. The third-order valence-electron chi connectivity index (χ3n) is 1.17. The van der Waals surface area contributed by atoms with Crippen molar-refractivity contribution in [3.63, 3.8) is 0 Å². The molecule has 0 heterocycles. The molecule has 0 aliphatic heterocycles. The van der Waals surface area contributed by atoms with Crippen LogP contribution in [-0.2, 0) is 4.57 Å². The Morgan fingerprint density at radius 1 is 1.40 bits per heavy atom. The van der Waals surface area contributed by atoms with Crippen molar-refractivity contribution in [2.75, 3.05) is 0 Å². The Morgan fingerprint density at radius 3 is 1.70 bits per heavy atom. The first-order valence-corrected chi connectivity index (χ1v) is 4.22. The zero-order valence-corrected chi connectivity index (χ0v) is 5.93. The monoisotopic (exact) mass is 170 g/mol. The average Bonchev–Trinajstić information content (AvgIpc) is 1.62. The summed E-state index contributed by atoms with van der Waals surface area (Å²) in [4.78, 5) is 16.8. The molecule has 1 atom stereocenters. The van der Waals surface area contributed by atoms with Gasteiger partial charge in [0, 0.05) is 0 Å². The molecule has 3 nitrogen and oxygen atoms in total. The SMILES string of the molecule is C.C.CCC(C)P(=O)(O)O. The Hall–Kier alpha value is 0.150. The van der Waals surface area contributed by atoms with E-state index < -0.39 is 13.3 Å². The molecule has 4 heteroatoms. The first kappa shape index (κ1) is 16.6. The maximum Gasteiger partial charge on any atom is 0.328 e. The molecule has 0 radical (unpaired) electrons. The molecule has 0 fully saturated rings. The van der Waals surface area contributed by atoms with Gasteiger partial charge in [-0.15, -0.1) is 0 Å². The van der Waals surface area contributed by atoms with E-state index in [-0.39, 0.29) is 14.9 Å². The van der Waals surface area contributed by atoms with Gasteiger partial charge in [-0.25, -0.2) is 0 Å². The molecule has 0 aliphatic rings. The summed E-state index contributed by atoms with van der Waals surface area (Å²) in [5.74, 6) is 0. The highest BCUT2D eigenvalue weighted by molar-refractivity contribution is 7.52. The average molecular weight is 170 g/mol. The highest BCUT2D eigenvalue weighted by Gasteiger charge is 2.20. The molecule has 0 aromatic heterocycles. The van der Waals surface area contributed by atoms with Crippen molar-refractivity contribution in [1.82, 2.24) is 0 Å². The molecule has 0 spiro atoms. The quantitative estimate of drug-likeness (QED) is 0.625. The lowest BCUT2D eigenvalue weighted by molar-refractivity contribution is 0.359. The Morgan fingerprint density at radius 2 is 1.70 bits per heavy atom. The van der Waals surface area contributed by atoms with Crippen LogP contribution in [0.1, 0.15) is 35.1 Å². The summed E-state index contributed by atoms with van der Waals surface area (Å²) in [6.45, 7) is 3.30. The van der Waals surface area contributed by atoms with Gasteiger partial charge in [0.25, 0.3) is 0 Å². The Balaban J connectivity index is -0.000000245. The molecule has 0 aromatic rings. The van der Waals surface area contributed by atoms with E-state index in [1.807, 2.05) is 0 Å². The van der Waals surface area contributed by atoms with Gasteiger partial charge in [-0.2, -0.15) is 0 Å². The lowest BCUT2D eigenvalue weighted by Crippen LogP contribution is -1.99. The van der Waals surface area contributed by atoms with Crippen molar-refractivity contribution in [2.45, 2.75) is 40.8 Å². The lowest BCUT2D eigenvalue weighted by atomic mass is 10.4. The van der Waals surface area contributed by atoms with Gasteiger partial charge >= 0.3 is 7.60 Å². The fraction of sp³-hybridized carbons (Fsp3) is 1.00. The predicted octanol–water partition coefficient (Wildman–Crippen LogP) is 2.23. The standard InChI is InChI=1S/C4H11O3P.2CH4/c1-3-4(2)8(5,6)7;;/h4H,3H2,1-2H3,(H2,5,6,7);2*1H4. The highest BCUT2D eigenvalue weighted by atomic mass is 31.2. The second-order valence-corrected chi connectivity index (χ2v) is 3.91. The number of hydrogen-bond acceptors (Lipinski definition) is 1. The van der Waals surface area contributed by atoms with E-state index in [0.29, 0.717) is 6.42 Å². The van der Waals surface area contributed by atoms with E-state index in [1.165, 1.54) is 0 Å². The second kappa shape index (κ2) is 5.90. The van der Waals surface area contributed by atoms with E-state index in [9.17, 15) is 4.57 Å². The molecule has 0 bridgehead atoms. The van der Waals surface area contributed by atoms with Crippen molar-refractivity contribution in [1.29, 1.82) is 0 Å². The zero-order valence-electron chi connectivity index (χ0n) is 5.03. The van der Waals surface area contributed by atoms with Crippen LogP contribution in [-0.4, -0.2) is 15.4 Å². The van der Waals surface area contributed by atoms with Gasteiger partial charge in [0.15, 0.2) is 0 Å². The van der Waals surface area contributed by atoms with Gasteiger partial charge in [-0.1, -0.05) is 28.7 Å². The van der Waals surface area contributed by atoms with Crippen LogP contribution in [0.25, 0.3) is 0 Å². The van der Waals surface area contributed by atoms with Crippen molar-refractivity contribution < 1.29 is 14.4 Å². The van der Waals surface area contributed by atoms with E-state index >= 15 is 0 Å². The molecule has 0 rings (SSSR count). The van der Waals surface area contributed by atoms with Gasteiger partial charge in [-0.3, -0.25) is 4.57 Å². The molecule has 10 heavy (non-hydrogen) atoms. The molecular formula is C6H19O3P. The molecule has 66 valence electrons. The number of hydrogen-bond donors (Lipinski definition) is 2. The minimum atomic E-state index is -3.76. The first-order chi connectivity index (χ1) is 3.48. The van der Waals surface area contributed by atoms with Crippen LogP contribution in [0.15, 0.2) is 0 Å². The first-order valence-electron chi connectivity index (χ1n) is 2.53. The summed E-state index contributed by atoms with van der Waals surface area (Å²) < 4.78 is 10.3. The van der Waals surface area contributed by atoms with Crippen LogP contribution in [0.4, 0.5) is 0 Å². The van der Waals surface area contributed by atoms with Gasteiger partial charge in [0.2, 0.25) is 0 Å². The van der Waals surface area contributed by atoms with Gasteiger partial charge in [0.1, 0.15) is 0 Å². The van der Waals surface area contributed by atoms with Gasteiger partial charge in [0.05, 0.1) is 5.66 Å². The van der Waals surface area contributed by atoms with Crippen molar-refractivity contribution in [2.24, 2.45) is 0 Å².